The predicted octanol–water partition coefficient (Wildman–Crippen LogP) is 4.66. The Morgan fingerprint density at radius 2 is 2.11 bits per heavy atom. The monoisotopic (exact) mass is 385 g/mol. The molecule has 0 spiro atoms. The summed E-state index contributed by atoms with van der Waals surface area (Å²) in [6.07, 6.45) is 2.34. The minimum Gasteiger partial charge on any atom is -0.340 e. The van der Waals surface area contributed by atoms with Crippen molar-refractivity contribution < 1.29 is 0 Å². The van der Waals surface area contributed by atoms with Crippen LogP contribution in [0.1, 0.15) is 30.1 Å². The van der Waals surface area contributed by atoms with Crippen LogP contribution in [0.3, 0.4) is 0 Å². The highest BCUT2D eigenvalue weighted by molar-refractivity contribution is 14.1. The van der Waals surface area contributed by atoms with Gasteiger partial charge in [-0.2, -0.15) is 0 Å². The van der Waals surface area contributed by atoms with E-state index in [-0.39, 0.29) is 0 Å². The molecule has 3 rings (SSSR count). The van der Waals surface area contributed by atoms with E-state index in [0.717, 1.165) is 22.9 Å². The fourth-order valence-electron chi connectivity index (χ4n) is 1.85. The molecule has 0 radical (unpaired) electrons. The zero-order valence-corrected chi connectivity index (χ0v) is 13.4. The summed E-state index contributed by atoms with van der Waals surface area (Å²) in [5.41, 5.74) is 1.91. The molecular weight excluding hydrogens is 373 g/mol. The Morgan fingerprint density at radius 3 is 2.79 bits per heavy atom. The van der Waals surface area contributed by atoms with E-state index < -0.39 is 0 Å². The van der Waals surface area contributed by atoms with Crippen LogP contribution >= 0.6 is 34.2 Å². The molecule has 1 aromatic heterocycles. The van der Waals surface area contributed by atoms with Gasteiger partial charge in [0, 0.05) is 20.7 Å². The first-order valence-electron chi connectivity index (χ1n) is 6.20. The van der Waals surface area contributed by atoms with Gasteiger partial charge in [-0.3, -0.25) is 0 Å². The van der Waals surface area contributed by atoms with Crippen LogP contribution in [0.15, 0.2) is 24.3 Å². The van der Waals surface area contributed by atoms with Gasteiger partial charge in [-0.15, -0.1) is 0 Å². The molecule has 3 nitrogen and oxygen atoms in total. The minimum absolute atomic E-state index is 0.495. The number of hydrogen-bond acceptors (Lipinski definition) is 3. The Labute approximate surface area is 130 Å². The first kappa shape index (κ1) is 13.1. The topological polar surface area (TPSA) is 37.8 Å². The Bertz CT molecular complexity index is 626. The van der Waals surface area contributed by atoms with E-state index in [9.17, 15) is 0 Å². The van der Waals surface area contributed by atoms with Gasteiger partial charge in [0.15, 0.2) is 0 Å². The Hall–Kier alpha value is -0.880. The summed E-state index contributed by atoms with van der Waals surface area (Å²) in [5, 5.41) is 3.88. The number of rotatable bonds is 3. The lowest BCUT2D eigenvalue weighted by Crippen LogP contribution is -2.03. The fraction of sp³-hybridized carbons (Fsp3) is 0.286. The largest absolute Gasteiger partial charge is 0.340 e. The highest BCUT2D eigenvalue weighted by Gasteiger charge is 2.28. The van der Waals surface area contributed by atoms with Crippen LogP contribution in [0, 0.1) is 10.5 Å². The van der Waals surface area contributed by atoms with E-state index >= 15 is 0 Å². The summed E-state index contributed by atoms with van der Waals surface area (Å²) in [6, 6.07) is 8.17. The molecule has 1 fully saturated rings. The molecule has 1 aromatic carbocycles. The van der Waals surface area contributed by atoms with E-state index in [4.69, 9.17) is 11.6 Å². The maximum absolute atomic E-state index is 6.20. The zero-order valence-electron chi connectivity index (χ0n) is 10.5. The van der Waals surface area contributed by atoms with Crippen molar-refractivity contribution in [2.24, 2.45) is 0 Å². The molecule has 0 amide bonds. The van der Waals surface area contributed by atoms with Crippen molar-refractivity contribution in [2.75, 3.05) is 5.32 Å². The molecule has 19 heavy (non-hydrogen) atoms. The van der Waals surface area contributed by atoms with Crippen molar-refractivity contribution in [1.82, 2.24) is 9.97 Å². The van der Waals surface area contributed by atoms with Crippen molar-refractivity contribution in [3.63, 3.8) is 0 Å². The second kappa shape index (κ2) is 5.25. The highest BCUT2D eigenvalue weighted by atomic mass is 127. The third kappa shape index (κ3) is 3.00. The first-order valence-corrected chi connectivity index (χ1v) is 7.66. The SMILES string of the molecule is Cc1c(Cl)nc(C2CC2)nc1Nc1cccc(I)c1. The number of nitrogens with zero attached hydrogens (tertiary/aromatic N) is 2. The lowest BCUT2D eigenvalue weighted by molar-refractivity contribution is 0.922. The van der Waals surface area contributed by atoms with Gasteiger partial charge >= 0.3 is 0 Å². The van der Waals surface area contributed by atoms with Crippen LogP contribution in [0.4, 0.5) is 11.5 Å². The smallest absolute Gasteiger partial charge is 0.138 e. The molecule has 5 heteroatoms. The second-order valence-corrected chi connectivity index (χ2v) is 6.36. The summed E-state index contributed by atoms with van der Waals surface area (Å²) in [5.74, 6) is 2.17. The van der Waals surface area contributed by atoms with Gasteiger partial charge < -0.3 is 5.32 Å². The Balaban J connectivity index is 1.95. The number of anilines is 2. The summed E-state index contributed by atoms with van der Waals surface area (Å²) < 4.78 is 1.18. The molecule has 1 N–H and O–H groups in total. The van der Waals surface area contributed by atoms with E-state index in [0.29, 0.717) is 11.1 Å². The van der Waals surface area contributed by atoms with E-state index in [1.807, 2.05) is 19.1 Å². The third-order valence-corrected chi connectivity index (χ3v) is 4.17. The maximum atomic E-state index is 6.20. The van der Waals surface area contributed by atoms with Crippen LogP contribution in [-0.2, 0) is 0 Å². The van der Waals surface area contributed by atoms with Crippen molar-refractivity contribution in [2.45, 2.75) is 25.7 Å². The van der Waals surface area contributed by atoms with Gasteiger partial charge in [-0.25, -0.2) is 9.97 Å². The van der Waals surface area contributed by atoms with Crippen LogP contribution in [0.2, 0.25) is 5.15 Å². The molecule has 1 aliphatic rings. The normalized spacial score (nSPS) is 14.5. The number of hydrogen-bond donors (Lipinski definition) is 1. The number of benzene rings is 1. The van der Waals surface area contributed by atoms with E-state index in [1.165, 1.54) is 16.4 Å². The van der Waals surface area contributed by atoms with Crippen LogP contribution in [-0.4, -0.2) is 9.97 Å². The van der Waals surface area contributed by atoms with Gasteiger partial charge in [0.05, 0.1) is 0 Å². The van der Waals surface area contributed by atoms with E-state index in [1.54, 1.807) is 0 Å². The fourth-order valence-corrected chi connectivity index (χ4v) is 2.57. The standard InChI is InChI=1S/C14H13ClIN3/c1-8-12(15)18-14(9-5-6-9)19-13(8)17-11-4-2-3-10(16)7-11/h2-4,7,9H,5-6H2,1H3,(H,17,18,19). The lowest BCUT2D eigenvalue weighted by Gasteiger charge is -2.11. The van der Waals surface area contributed by atoms with Crippen molar-refractivity contribution in [3.05, 3.63) is 44.4 Å². The second-order valence-electron chi connectivity index (χ2n) is 4.76. The maximum Gasteiger partial charge on any atom is 0.138 e. The molecular formula is C14H13ClIN3. The predicted molar refractivity (Wildman–Crippen MR) is 86.2 cm³/mol. The van der Waals surface area contributed by atoms with Gasteiger partial charge in [-0.05, 0) is 60.6 Å². The molecule has 2 aromatic rings. The molecule has 1 saturated carbocycles. The number of halogens is 2. The first-order chi connectivity index (χ1) is 9.13. The molecule has 0 saturated heterocycles. The molecule has 1 heterocycles. The van der Waals surface area contributed by atoms with Crippen LogP contribution < -0.4 is 5.32 Å². The minimum atomic E-state index is 0.495. The van der Waals surface area contributed by atoms with Gasteiger partial charge in [0.2, 0.25) is 0 Å². The van der Waals surface area contributed by atoms with Gasteiger partial charge in [0.1, 0.15) is 16.8 Å². The molecule has 1 aliphatic carbocycles. The molecule has 0 bridgehead atoms. The Morgan fingerprint density at radius 1 is 1.32 bits per heavy atom. The zero-order chi connectivity index (χ0) is 13.4. The quantitative estimate of drug-likeness (QED) is 0.616. The number of aromatic nitrogens is 2. The summed E-state index contributed by atoms with van der Waals surface area (Å²) in [7, 11) is 0. The number of nitrogens with one attached hydrogen (secondary N) is 1. The summed E-state index contributed by atoms with van der Waals surface area (Å²) >= 11 is 8.49. The lowest BCUT2D eigenvalue weighted by atomic mass is 10.3. The van der Waals surface area contributed by atoms with Gasteiger partial charge in [-0.1, -0.05) is 17.7 Å². The van der Waals surface area contributed by atoms with Crippen LogP contribution in [0.5, 0.6) is 0 Å². The van der Waals surface area contributed by atoms with Crippen LogP contribution in [0.25, 0.3) is 0 Å². The van der Waals surface area contributed by atoms with Crippen molar-refractivity contribution >= 4 is 45.7 Å². The molecule has 0 atom stereocenters. The summed E-state index contributed by atoms with van der Waals surface area (Å²) in [4.78, 5) is 8.98. The average Bonchev–Trinajstić information content (AvgIpc) is 3.19. The third-order valence-electron chi connectivity index (χ3n) is 3.13. The molecule has 98 valence electrons. The summed E-state index contributed by atoms with van der Waals surface area (Å²) in [6.45, 7) is 1.94. The van der Waals surface area contributed by atoms with Crippen molar-refractivity contribution in [3.8, 4) is 0 Å². The highest BCUT2D eigenvalue weighted by Crippen LogP contribution is 2.39. The van der Waals surface area contributed by atoms with E-state index in [2.05, 4.69) is 50.0 Å². The molecule has 0 aliphatic heterocycles. The van der Waals surface area contributed by atoms with Crippen molar-refractivity contribution in [1.29, 1.82) is 0 Å². The average molecular weight is 386 g/mol. The Kier molecular flexibility index (Phi) is 3.62. The molecule has 0 unspecified atom stereocenters. The van der Waals surface area contributed by atoms with Gasteiger partial charge in [0.25, 0.3) is 0 Å².